The topological polar surface area (TPSA) is 29.1 Å². The largest absolute Gasteiger partial charge is 0.310 e. The number of carbonyl (C=O) groups excluding carboxylic acids is 1. The zero-order valence-corrected chi connectivity index (χ0v) is 10.2. The van der Waals surface area contributed by atoms with Gasteiger partial charge in [-0.15, -0.1) is 12.4 Å². The van der Waals surface area contributed by atoms with Crippen LogP contribution in [0.5, 0.6) is 0 Å². The molecule has 2 nitrogen and oxygen atoms in total. The molecule has 0 saturated heterocycles. The molecule has 15 heavy (non-hydrogen) atoms. The van der Waals surface area contributed by atoms with Crippen LogP contribution >= 0.6 is 12.4 Å². The van der Waals surface area contributed by atoms with Gasteiger partial charge in [-0.3, -0.25) is 4.79 Å². The van der Waals surface area contributed by atoms with Crippen LogP contribution in [0.25, 0.3) is 0 Å². The fourth-order valence-corrected chi connectivity index (χ4v) is 1.29. The Hall–Kier alpha value is -0.860. The van der Waals surface area contributed by atoms with Crippen molar-refractivity contribution in [1.82, 2.24) is 5.32 Å². The van der Waals surface area contributed by atoms with Gasteiger partial charge in [-0.2, -0.15) is 0 Å². The van der Waals surface area contributed by atoms with Gasteiger partial charge >= 0.3 is 0 Å². The van der Waals surface area contributed by atoms with E-state index in [1.165, 1.54) is 5.56 Å². The van der Waals surface area contributed by atoms with Gasteiger partial charge in [-0.05, 0) is 26.0 Å². The van der Waals surface area contributed by atoms with Crippen LogP contribution in [0.15, 0.2) is 24.3 Å². The van der Waals surface area contributed by atoms with Crippen molar-refractivity contribution in [2.24, 2.45) is 0 Å². The van der Waals surface area contributed by atoms with Gasteiger partial charge in [0.15, 0.2) is 5.78 Å². The van der Waals surface area contributed by atoms with Gasteiger partial charge in [-0.1, -0.05) is 31.2 Å². The van der Waals surface area contributed by atoms with Crippen molar-refractivity contribution in [3.8, 4) is 0 Å². The molecule has 0 radical (unpaired) electrons. The van der Waals surface area contributed by atoms with E-state index in [1.807, 2.05) is 31.2 Å². The maximum absolute atomic E-state index is 11.7. The van der Waals surface area contributed by atoms with E-state index in [-0.39, 0.29) is 24.2 Å². The Labute approximate surface area is 97.5 Å². The summed E-state index contributed by atoms with van der Waals surface area (Å²) in [7, 11) is 1.79. The van der Waals surface area contributed by atoms with Crippen molar-refractivity contribution in [2.45, 2.75) is 26.3 Å². The minimum Gasteiger partial charge on any atom is -0.310 e. The second-order valence-electron chi connectivity index (χ2n) is 3.43. The van der Waals surface area contributed by atoms with Crippen LogP contribution < -0.4 is 5.32 Å². The molecule has 0 heterocycles. The number of Topliss-reactive ketones (excluding diaryl/α,β-unsaturated/α-hetero) is 1. The summed E-state index contributed by atoms with van der Waals surface area (Å²) in [6.07, 6.45) is 1.01. The first-order valence-corrected chi connectivity index (χ1v) is 4.99. The van der Waals surface area contributed by atoms with Crippen molar-refractivity contribution >= 4 is 18.2 Å². The zero-order valence-electron chi connectivity index (χ0n) is 9.41. The summed E-state index contributed by atoms with van der Waals surface area (Å²) < 4.78 is 0. The lowest BCUT2D eigenvalue weighted by Gasteiger charge is -2.08. The Morgan fingerprint density at radius 1 is 1.33 bits per heavy atom. The van der Waals surface area contributed by atoms with Crippen molar-refractivity contribution in [2.75, 3.05) is 7.05 Å². The molecule has 1 unspecified atom stereocenters. The smallest absolute Gasteiger partial charge is 0.179 e. The number of hydrogen-bond donors (Lipinski definition) is 1. The first-order valence-electron chi connectivity index (χ1n) is 4.99. The first kappa shape index (κ1) is 14.1. The Kier molecular flexibility index (Phi) is 6.21. The molecule has 0 aliphatic heterocycles. The molecule has 1 rings (SSSR count). The van der Waals surface area contributed by atoms with Crippen molar-refractivity contribution in [3.05, 3.63) is 35.4 Å². The number of ketones is 1. The summed E-state index contributed by atoms with van der Waals surface area (Å²) >= 11 is 0. The van der Waals surface area contributed by atoms with Gasteiger partial charge in [0.1, 0.15) is 0 Å². The van der Waals surface area contributed by atoms with Crippen LogP contribution in [-0.2, 0) is 6.42 Å². The molecule has 1 N–H and O–H groups in total. The van der Waals surface area contributed by atoms with Gasteiger partial charge in [0.25, 0.3) is 0 Å². The maximum atomic E-state index is 11.7. The molecule has 3 heteroatoms. The molecule has 1 atom stereocenters. The summed E-state index contributed by atoms with van der Waals surface area (Å²) in [6.45, 7) is 3.98. The van der Waals surface area contributed by atoms with Crippen LogP contribution in [0.3, 0.4) is 0 Å². The second-order valence-corrected chi connectivity index (χ2v) is 3.43. The van der Waals surface area contributed by atoms with E-state index in [9.17, 15) is 4.79 Å². The molecule has 1 aromatic carbocycles. The van der Waals surface area contributed by atoms with Crippen molar-refractivity contribution in [3.63, 3.8) is 0 Å². The van der Waals surface area contributed by atoms with Gasteiger partial charge < -0.3 is 5.32 Å². The van der Waals surface area contributed by atoms with Crippen molar-refractivity contribution < 1.29 is 4.79 Å². The van der Waals surface area contributed by atoms with E-state index >= 15 is 0 Å². The number of hydrogen-bond acceptors (Lipinski definition) is 2. The minimum atomic E-state index is -0.109. The van der Waals surface area contributed by atoms with Gasteiger partial charge in [0, 0.05) is 5.56 Å². The Balaban J connectivity index is 0.00000196. The van der Waals surface area contributed by atoms with Gasteiger partial charge in [-0.25, -0.2) is 0 Å². The third-order valence-corrected chi connectivity index (χ3v) is 2.47. The summed E-state index contributed by atoms with van der Waals surface area (Å²) in [4.78, 5) is 11.7. The number of halogens is 1. The third kappa shape index (κ3) is 3.65. The van der Waals surface area contributed by atoms with E-state index in [1.54, 1.807) is 7.05 Å². The number of nitrogens with one attached hydrogen (secondary N) is 1. The number of rotatable bonds is 4. The van der Waals surface area contributed by atoms with E-state index < -0.39 is 0 Å². The molecule has 0 aliphatic carbocycles. The normalized spacial score (nSPS) is 11.7. The summed E-state index contributed by atoms with van der Waals surface area (Å²) in [5, 5.41) is 2.94. The van der Waals surface area contributed by atoms with Crippen LogP contribution in [0, 0.1) is 0 Å². The predicted octanol–water partition coefficient (Wildman–Crippen LogP) is 2.46. The van der Waals surface area contributed by atoms with E-state index in [4.69, 9.17) is 0 Å². The predicted molar refractivity (Wildman–Crippen MR) is 65.9 cm³/mol. The number of benzene rings is 1. The van der Waals surface area contributed by atoms with Crippen LogP contribution in [0.1, 0.15) is 29.8 Å². The quantitative estimate of drug-likeness (QED) is 0.801. The second kappa shape index (κ2) is 6.59. The molecular formula is C12H18ClNO. The van der Waals surface area contributed by atoms with Crippen LogP contribution in [-0.4, -0.2) is 18.9 Å². The van der Waals surface area contributed by atoms with E-state index in [0.29, 0.717) is 0 Å². The molecular weight excluding hydrogens is 210 g/mol. The molecule has 0 fully saturated rings. The fraction of sp³-hybridized carbons (Fsp3) is 0.417. The fourth-order valence-electron chi connectivity index (χ4n) is 1.29. The number of carbonyl (C=O) groups is 1. The highest BCUT2D eigenvalue weighted by atomic mass is 35.5. The average Bonchev–Trinajstić information content (AvgIpc) is 2.27. The lowest BCUT2D eigenvalue weighted by Crippen LogP contribution is -2.30. The highest BCUT2D eigenvalue weighted by molar-refractivity contribution is 5.99. The molecule has 1 aromatic rings. The lowest BCUT2D eigenvalue weighted by atomic mass is 10.0. The van der Waals surface area contributed by atoms with Crippen LogP contribution in [0.4, 0.5) is 0 Å². The molecule has 0 aliphatic rings. The summed E-state index contributed by atoms with van der Waals surface area (Å²) in [5.41, 5.74) is 2.04. The number of likely N-dealkylation sites (N-methyl/N-ethyl adjacent to an activating group) is 1. The zero-order chi connectivity index (χ0) is 10.6. The van der Waals surface area contributed by atoms with Crippen LogP contribution in [0.2, 0.25) is 0 Å². The highest BCUT2D eigenvalue weighted by Crippen LogP contribution is 2.07. The molecule has 0 spiro atoms. The molecule has 84 valence electrons. The first-order chi connectivity index (χ1) is 6.69. The monoisotopic (exact) mass is 227 g/mol. The number of aryl methyl sites for hydroxylation is 1. The Bertz CT molecular complexity index is 308. The van der Waals surface area contributed by atoms with Gasteiger partial charge in [0.05, 0.1) is 6.04 Å². The standard InChI is InChI=1S/C12H17NO.ClH/c1-4-10-5-7-11(8-6-10)12(14)9(2)13-3;/h5-9,13H,4H2,1-3H3;1H. The van der Waals surface area contributed by atoms with E-state index in [0.717, 1.165) is 12.0 Å². The summed E-state index contributed by atoms with van der Waals surface area (Å²) in [5.74, 6) is 0.148. The lowest BCUT2D eigenvalue weighted by molar-refractivity contribution is 0.0955. The minimum absolute atomic E-state index is 0. The van der Waals surface area contributed by atoms with Gasteiger partial charge in [0.2, 0.25) is 0 Å². The molecule has 0 amide bonds. The third-order valence-electron chi connectivity index (χ3n) is 2.47. The average molecular weight is 228 g/mol. The summed E-state index contributed by atoms with van der Waals surface area (Å²) in [6, 6.07) is 7.71. The highest BCUT2D eigenvalue weighted by Gasteiger charge is 2.12. The SMILES string of the molecule is CCc1ccc(C(=O)C(C)NC)cc1.Cl. The van der Waals surface area contributed by atoms with E-state index in [2.05, 4.69) is 12.2 Å². The molecule has 0 saturated carbocycles. The maximum Gasteiger partial charge on any atom is 0.179 e. The molecule has 0 aromatic heterocycles. The van der Waals surface area contributed by atoms with Crippen molar-refractivity contribution in [1.29, 1.82) is 0 Å². The Morgan fingerprint density at radius 3 is 2.27 bits per heavy atom. The Morgan fingerprint density at radius 2 is 1.87 bits per heavy atom. The molecule has 0 bridgehead atoms.